The van der Waals surface area contributed by atoms with Crippen molar-refractivity contribution >= 4 is 5.91 Å². The van der Waals surface area contributed by atoms with Crippen LogP contribution in [0.1, 0.15) is 27.7 Å². The number of nitrogens with zero attached hydrogens (tertiary/aromatic N) is 3. The minimum atomic E-state index is -0.709. The molecule has 1 rings (SSSR count). The van der Waals surface area contributed by atoms with Crippen molar-refractivity contribution in [3.05, 3.63) is 0 Å². The van der Waals surface area contributed by atoms with Crippen molar-refractivity contribution in [1.82, 2.24) is 9.80 Å². The number of nitriles is 1. The number of aliphatic hydroxyl groups is 1. The Bertz CT molecular complexity index is 347. The van der Waals surface area contributed by atoms with Gasteiger partial charge >= 0.3 is 0 Å². The van der Waals surface area contributed by atoms with E-state index in [0.717, 1.165) is 13.1 Å². The lowest BCUT2D eigenvalue weighted by Crippen LogP contribution is -2.53. The van der Waals surface area contributed by atoms with E-state index in [1.807, 2.05) is 13.8 Å². The summed E-state index contributed by atoms with van der Waals surface area (Å²) in [6.07, 6.45) is 0. The van der Waals surface area contributed by atoms with Gasteiger partial charge in [0.15, 0.2) is 0 Å². The maximum absolute atomic E-state index is 12.2. The average Bonchev–Trinajstić information content (AvgIpc) is 2.28. The molecule has 19 heavy (non-hydrogen) atoms. The second-order valence-electron chi connectivity index (χ2n) is 6.26. The third-order valence-electron chi connectivity index (χ3n) is 3.37. The summed E-state index contributed by atoms with van der Waals surface area (Å²) in [5.41, 5.74) is -0.709. The highest BCUT2D eigenvalue weighted by atomic mass is 16.3. The fourth-order valence-electron chi connectivity index (χ4n) is 2.36. The molecular weight excluding hydrogens is 242 g/mol. The van der Waals surface area contributed by atoms with Crippen LogP contribution in [-0.2, 0) is 4.79 Å². The second-order valence-corrected chi connectivity index (χ2v) is 6.26. The van der Waals surface area contributed by atoms with Crippen molar-refractivity contribution in [1.29, 1.82) is 5.26 Å². The van der Waals surface area contributed by atoms with Gasteiger partial charge in [0.1, 0.15) is 5.92 Å². The molecule has 108 valence electrons. The molecule has 1 fully saturated rings. The SMILES string of the molecule is CC(C)C(C#N)C(=O)N1CCN(CC(C)(C)O)CC1. The normalized spacial score (nSPS) is 19.3. The molecule has 5 nitrogen and oxygen atoms in total. The van der Waals surface area contributed by atoms with Crippen LogP contribution in [0.25, 0.3) is 0 Å². The molecule has 5 heteroatoms. The first-order valence-electron chi connectivity index (χ1n) is 6.88. The Morgan fingerprint density at radius 3 is 2.21 bits per heavy atom. The van der Waals surface area contributed by atoms with Crippen LogP contribution in [0.5, 0.6) is 0 Å². The minimum Gasteiger partial charge on any atom is -0.389 e. The number of carbonyl (C=O) groups is 1. The maximum atomic E-state index is 12.2. The van der Waals surface area contributed by atoms with Gasteiger partial charge in [0, 0.05) is 32.7 Å². The lowest BCUT2D eigenvalue weighted by Gasteiger charge is -2.38. The summed E-state index contributed by atoms with van der Waals surface area (Å²) in [4.78, 5) is 16.1. The van der Waals surface area contributed by atoms with Crippen molar-refractivity contribution in [3.8, 4) is 6.07 Å². The zero-order valence-electron chi connectivity index (χ0n) is 12.4. The standard InChI is InChI=1S/C14H25N3O2/c1-11(2)12(9-15)13(18)17-7-5-16(6-8-17)10-14(3,4)19/h11-12,19H,5-8,10H2,1-4H3. The Balaban J connectivity index is 2.50. The van der Waals surface area contributed by atoms with Crippen molar-refractivity contribution in [2.24, 2.45) is 11.8 Å². The fourth-order valence-corrected chi connectivity index (χ4v) is 2.36. The summed E-state index contributed by atoms with van der Waals surface area (Å²) in [5, 5.41) is 18.8. The minimum absolute atomic E-state index is 0.0481. The van der Waals surface area contributed by atoms with E-state index in [9.17, 15) is 9.90 Å². The molecular formula is C14H25N3O2. The fraction of sp³-hybridized carbons (Fsp3) is 0.857. The van der Waals surface area contributed by atoms with Gasteiger partial charge in [-0.05, 0) is 19.8 Å². The number of amides is 1. The number of rotatable bonds is 4. The van der Waals surface area contributed by atoms with E-state index < -0.39 is 11.5 Å². The molecule has 0 bridgehead atoms. The van der Waals surface area contributed by atoms with E-state index >= 15 is 0 Å². The van der Waals surface area contributed by atoms with Gasteiger partial charge in [0.2, 0.25) is 5.91 Å². The van der Waals surface area contributed by atoms with Crippen LogP contribution in [0, 0.1) is 23.2 Å². The molecule has 0 saturated carbocycles. The molecule has 1 amide bonds. The molecule has 0 spiro atoms. The van der Waals surface area contributed by atoms with E-state index in [4.69, 9.17) is 5.26 Å². The van der Waals surface area contributed by atoms with Gasteiger partial charge in [-0.2, -0.15) is 5.26 Å². The monoisotopic (exact) mass is 267 g/mol. The van der Waals surface area contributed by atoms with E-state index in [1.165, 1.54) is 0 Å². The summed E-state index contributed by atoms with van der Waals surface area (Å²) in [6, 6.07) is 2.10. The largest absolute Gasteiger partial charge is 0.389 e. The topological polar surface area (TPSA) is 67.6 Å². The predicted molar refractivity (Wildman–Crippen MR) is 73.3 cm³/mol. The van der Waals surface area contributed by atoms with Crippen molar-refractivity contribution < 1.29 is 9.90 Å². The second kappa shape index (κ2) is 6.36. The van der Waals surface area contributed by atoms with Crippen LogP contribution in [0.15, 0.2) is 0 Å². The summed E-state index contributed by atoms with van der Waals surface area (Å²) in [7, 11) is 0. The van der Waals surface area contributed by atoms with Crippen LogP contribution in [0.4, 0.5) is 0 Å². The smallest absolute Gasteiger partial charge is 0.240 e. The van der Waals surface area contributed by atoms with Crippen LogP contribution in [-0.4, -0.2) is 59.1 Å². The van der Waals surface area contributed by atoms with E-state index in [2.05, 4.69) is 11.0 Å². The van der Waals surface area contributed by atoms with Gasteiger partial charge in [0.25, 0.3) is 0 Å². The Hall–Kier alpha value is -1.12. The molecule has 0 aromatic rings. The first-order chi connectivity index (χ1) is 8.74. The van der Waals surface area contributed by atoms with Crippen LogP contribution < -0.4 is 0 Å². The molecule has 1 atom stereocenters. The molecule has 1 saturated heterocycles. The van der Waals surface area contributed by atoms with Crippen LogP contribution >= 0.6 is 0 Å². The van der Waals surface area contributed by atoms with E-state index in [0.29, 0.717) is 19.6 Å². The Labute approximate surface area is 115 Å². The van der Waals surface area contributed by atoms with Crippen molar-refractivity contribution in [2.75, 3.05) is 32.7 Å². The van der Waals surface area contributed by atoms with Gasteiger partial charge in [-0.3, -0.25) is 9.69 Å². The molecule has 1 aliphatic rings. The van der Waals surface area contributed by atoms with Gasteiger partial charge < -0.3 is 10.0 Å². The van der Waals surface area contributed by atoms with E-state index in [1.54, 1.807) is 18.7 Å². The molecule has 0 aliphatic carbocycles. The van der Waals surface area contributed by atoms with Gasteiger partial charge in [-0.25, -0.2) is 0 Å². The summed E-state index contributed by atoms with van der Waals surface area (Å²) in [5.74, 6) is -0.548. The number of hydrogen-bond donors (Lipinski definition) is 1. The van der Waals surface area contributed by atoms with Crippen molar-refractivity contribution in [3.63, 3.8) is 0 Å². The first-order valence-corrected chi connectivity index (χ1v) is 6.88. The average molecular weight is 267 g/mol. The number of carbonyl (C=O) groups excluding carboxylic acids is 1. The van der Waals surface area contributed by atoms with Gasteiger partial charge in [0.05, 0.1) is 11.7 Å². The summed E-state index contributed by atoms with van der Waals surface area (Å²) in [6.45, 7) is 10.8. The number of piperazine rings is 1. The molecule has 1 N–H and O–H groups in total. The van der Waals surface area contributed by atoms with E-state index in [-0.39, 0.29) is 11.8 Å². The first kappa shape index (κ1) is 15.9. The zero-order valence-corrected chi connectivity index (χ0v) is 12.4. The van der Waals surface area contributed by atoms with Gasteiger partial charge in [-0.1, -0.05) is 13.8 Å². The number of hydrogen-bond acceptors (Lipinski definition) is 4. The van der Waals surface area contributed by atoms with Crippen LogP contribution in [0.3, 0.4) is 0 Å². The summed E-state index contributed by atoms with van der Waals surface area (Å²) < 4.78 is 0. The third-order valence-corrected chi connectivity index (χ3v) is 3.37. The predicted octanol–water partition coefficient (Wildman–Crippen LogP) is 0.697. The number of β-amino-alcohol motifs (C(OH)–C–C–N with tert-alkyl or cyclic N) is 1. The third kappa shape index (κ3) is 4.81. The highest BCUT2D eigenvalue weighted by molar-refractivity contribution is 5.81. The highest BCUT2D eigenvalue weighted by Gasteiger charge is 2.30. The zero-order chi connectivity index (χ0) is 14.6. The Kier molecular flexibility index (Phi) is 5.33. The molecule has 1 unspecified atom stereocenters. The Morgan fingerprint density at radius 2 is 1.84 bits per heavy atom. The Morgan fingerprint density at radius 1 is 1.32 bits per heavy atom. The quantitative estimate of drug-likeness (QED) is 0.814. The lowest BCUT2D eigenvalue weighted by molar-refractivity contribution is -0.137. The highest BCUT2D eigenvalue weighted by Crippen LogP contribution is 2.16. The van der Waals surface area contributed by atoms with Gasteiger partial charge in [-0.15, -0.1) is 0 Å². The molecule has 0 aromatic heterocycles. The molecule has 0 radical (unpaired) electrons. The summed E-state index contributed by atoms with van der Waals surface area (Å²) >= 11 is 0. The maximum Gasteiger partial charge on any atom is 0.240 e. The van der Waals surface area contributed by atoms with Crippen LogP contribution in [0.2, 0.25) is 0 Å². The molecule has 1 aliphatic heterocycles. The molecule has 1 heterocycles. The van der Waals surface area contributed by atoms with Crippen molar-refractivity contribution in [2.45, 2.75) is 33.3 Å². The lowest BCUT2D eigenvalue weighted by atomic mass is 9.95. The molecule has 0 aromatic carbocycles.